The molecule has 1 aliphatic rings. The number of para-hydroxylation sites is 2. The Morgan fingerprint density at radius 3 is 2.38 bits per heavy atom. The van der Waals surface area contributed by atoms with Crippen LogP contribution >= 0.6 is 0 Å². The van der Waals surface area contributed by atoms with Gasteiger partial charge in [-0.05, 0) is 43.4 Å². The van der Waals surface area contributed by atoms with Crippen molar-refractivity contribution in [2.75, 3.05) is 19.0 Å². The van der Waals surface area contributed by atoms with Crippen LogP contribution in [0.5, 0.6) is 5.75 Å². The Balaban J connectivity index is 1.51. The lowest BCUT2D eigenvalue weighted by Gasteiger charge is -2.16. The molecule has 1 aliphatic carbocycles. The first-order valence-corrected chi connectivity index (χ1v) is 8.92. The Morgan fingerprint density at radius 1 is 1.00 bits per heavy atom. The summed E-state index contributed by atoms with van der Waals surface area (Å²) in [6.07, 6.45) is 2.92. The van der Waals surface area contributed by atoms with Crippen molar-refractivity contribution >= 4 is 17.5 Å². The fourth-order valence-corrected chi connectivity index (χ4v) is 2.98. The van der Waals surface area contributed by atoms with Gasteiger partial charge in [0, 0.05) is 6.54 Å². The van der Waals surface area contributed by atoms with E-state index in [1.165, 1.54) is 5.56 Å². The molecular formula is C21H24N2O3. The summed E-state index contributed by atoms with van der Waals surface area (Å²) < 4.78 is 5.25. The Morgan fingerprint density at radius 2 is 1.69 bits per heavy atom. The average molecular weight is 352 g/mol. The summed E-state index contributed by atoms with van der Waals surface area (Å²) in [6.45, 7) is 0.567. The van der Waals surface area contributed by atoms with E-state index >= 15 is 0 Å². The van der Waals surface area contributed by atoms with Crippen LogP contribution < -0.4 is 15.4 Å². The Kier molecular flexibility index (Phi) is 5.56. The van der Waals surface area contributed by atoms with Gasteiger partial charge in [-0.1, -0.05) is 42.5 Å². The number of benzene rings is 2. The Labute approximate surface area is 153 Å². The second kappa shape index (κ2) is 8.04. The first-order valence-electron chi connectivity index (χ1n) is 8.92. The number of amides is 2. The fourth-order valence-electron chi connectivity index (χ4n) is 2.98. The lowest BCUT2D eigenvalue weighted by molar-refractivity contribution is -0.134. The highest BCUT2D eigenvalue weighted by atomic mass is 16.5. The number of carbonyl (C=O) groups excluding carboxylic acids is 2. The number of rotatable bonds is 8. The lowest BCUT2D eigenvalue weighted by Crippen LogP contribution is -2.40. The zero-order valence-corrected chi connectivity index (χ0v) is 15.0. The molecule has 2 amide bonds. The first kappa shape index (κ1) is 18.0. The molecule has 1 fully saturated rings. The van der Waals surface area contributed by atoms with Crippen molar-refractivity contribution in [2.45, 2.75) is 25.7 Å². The summed E-state index contributed by atoms with van der Waals surface area (Å²) in [7, 11) is 1.55. The van der Waals surface area contributed by atoms with Gasteiger partial charge < -0.3 is 15.4 Å². The zero-order chi connectivity index (χ0) is 18.4. The molecule has 0 heterocycles. The van der Waals surface area contributed by atoms with Gasteiger partial charge in [0.25, 0.3) is 0 Å². The van der Waals surface area contributed by atoms with Crippen molar-refractivity contribution in [3.8, 4) is 5.75 Å². The van der Waals surface area contributed by atoms with Gasteiger partial charge >= 0.3 is 0 Å². The van der Waals surface area contributed by atoms with E-state index in [0.29, 0.717) is 30.8 Å². The summed E-state index contributed by atoms with van der Waals surface area (Å²) in [5.74, 6) is 0.139. The lowest BCUT2D eigenvalue weighted by atomic mass is 10.0. The molecule has 1 saturated carbocycles. The molecule has 0 radical (unpaired) electrons. The van der Waals surface area contributed by atoms with Crippen molar-refractivity contribution < 1.29 is 14.3 Å². The normalized spacial score (nSPS) is 14.3. The summed E-state index contributed by atoms with van der Waals surface area (Å²) >= 11 is 0. The second-order valence-corrected chi connectivity index (χ2v) is 6.58. The summed E-state index contributed by atoms with van der Waals surface area (Å²) in [6, 6.07) is 17.4. The van der Waals surface area contributed by atoms with E-state index in [0.717, 1.165) is 12.8 Å². The van der Waals surface area contributed by atoms with Gasteiger partial charge in [-0.2, -0.15) is 0 Å². The highest BCUT2D eigenvalue weighted by molar-refractivity contribution is 6.13. The predicted octanol–water partition coefficient (Wildman–Crippen LogP) is 3.16. The molecule has 5 heteroatoms. The maximum Gasteiger partial charge on any atom is 0.240 e. The molecule has 0 saturated heterocycles. The van der Waals surface area contributed by atoms with Gasteiger partial charge in [0.05, 0.1) is 12.8 Å². The number of hydrogen-bond acceptors (Lipinski definition) is 3. The first-order chi connectivity index (χ1) is 12.7. The monoisotopic (exact) mass is 352 g/mol. The van der Waals surface area contributed by atoms with Crippen LogP contribution in [0, 0.1) is 5.41 Å². The topological polar surface area (TPSA) is 67.4 Å². The predicted molar refractivity (Wildman–Crippen MR) is 101 cm³/mol. The molecule has 136 valence electrons. The smallest absolute Gasteiger partial charge is 0.240 e. The standard InChI is InChI=1S/C21H24N2O3/c1-26-18-12-6-5-11-17(18)23-20(25)21(13-14-21)19(24)22-15-7-10-16-8-3-2-4-9-16/h2-6,8-9,11-12H,7,10,13-15H2,1H3,(H,22,24)(H,23,25). The van der Waals surface area contributed by atoms with Gasteiger partial charge in [0.2, 0.25) is 11.8 Å². The SMILES string of the molecule is COc1ccccc1NC(=O)C1(C(=O)NCCCc2ccccc2)CC1. The van der Waals surface area contributed by atoms with E-state index < -0.39 is 5.41 Å². The summed E-state index contributed by atoms with van der Waals surface area (Å²) in [5.41, 5.74) is 0.896. The highest BCUT2D eigenvalue weighted by Crippen LogP contribution is 2.47. The van der Waals surface area contributed by atoms with Crippen LogP contribution in [-0.4, -0.2) is 25.5 Å². The van der Waals surface area contributed by atoms with E-state index in [1.54, 1.807) is 19.2 Å². The fraction of sp³-hybridized carbons (Fsp3) is 0.333. The van der Waals surface area contributed by atoms with Crippen LogP contribution in [-0.2, 0) is 16.0 Å². The maximum absolute atomic E-state index is 12.6. The van der Waals surface area contributed by atoms with E-state index in [2.05, 4.69) is 22.8 Å². The van der Waals surface area contributed by atoms with Crippen LogP contribution in [0.3, 0.4) is 0 Å². The Bertz CT molecular complexity index is 770. The van der Waals surface area contributed by atoms with Crippen molar-refractivity contribution in [3.63, 3.8) is 0 Å². The molecule has 0 unspecified atom stereocenters. The minimum atomic E-state index is -0.937. The van der Waals surface area contributed by atoms with Crippen LogP contribution in [0.4, 0.5) is 5.69 Å². The third-order valence-corrected chi connectivity index (χ3v) is 4.75. The van der Waals surface area contributed by atoms with Gasteiger partial charge in [0.1, 0.15) is 11.2 Å². The molecule has 0 atom stereocenters. The number of hydrogen-bond donors (Lipinski definition) is 2. The van der Waals surface area contributed by atoms with E-state index in [1.807, 2.05) is 30.3 Å². The number of anilines is 1. The van der Waals surface area contributed by atoms with Crippen molar-refractivity contribution in [2.24, 2.45) is 5.41 Å². The molecule has 2 aromatic rings. The quantitative estimate of drug-likeness (QED) is 0.566. The van der Waals surface area contributed by atoms with Gasteiger partial charge in [-0.3, -0.25) is 9.59 Å². The second-order valence-electron chi connectivity index (χ2n) is 6.58. The average Bonchev–Trinajstić information content (AvgIpc) is 3.48. The number of aryl methyl sites for hydroxylation is 1. The van der Waals surface area contributed by atoms with E-state index in [-0.39, 0.29) is 11.8 Å². The van der Waals surface area contributed by atoms with Crippen molar-refractivity contribution in [3.05, 3.63) is 60.2 Å². The van der Waals surface area contributed by atoms with Crippen molar-refractivity contribution in [1.29, 1.82) is 0 Å². The molecule has 0 aromatic heterocycles. The largest absolute Gasteiger partial charge is 0.495 e. The van der Waals surface area contributed by atoms with Gasteiger partial charge in [-0.15, -0.1) is 0 Å². The van der Waals surface area contributed by atoms with Gasteiger partial charge in [-0.25, -0.2) is 0 Å². The van der Waals surface area contributed by atoms with Crippen molar-refractivity contribution in [1.82, 2.24) is 5.32 Å². The molecule has 26 heavy (non-hydrogen) atoms. The van der Waals surface area contributed by atoms with Gasteiger partial charge in [0.15, 0.2) is 0 Å². The molecule has 2 N–H and O–H groups in total. The molecular weight excluding hydrogens is 328 g/mol. The number of methoxy groups -OCH3 is 1. The minimum Gasteiger partial charge on any atom is -0.495 e. The van der Waals surface area contributed by atoms with Crippen LogP contribution in [0.15, 0.2) is 54.6 Å². The third-order valence-electron chi connectivity index (χ3n) is 4.75. The van der Waals surface area contributed by atoms with Crippen LogP contribution in [0.2, 0.25) is 0 Å². The summed E-state index contributed by atoms with van der Waals surface area (Å²) in [5, 5.41) is 5.76. The van der Waals surface area contributed by atoms with Crippen LogP contribution in [0.25, 0.3) is 0 Å². The maximum atomic E-state index is 12.6. The molecule has 5 nitrogen and oxygen atoms in total. The van der Waals surface area contributed by atoms with E-state index in [4.69, 9.17) is 4.74 Å². The number of nitrogens with one attached hydrogen (secondary N) is 2. The Hall–Kier alpha value is -2.82. The zero-order valence-electron chi connectivity index (χ0n) is 15.0. The highest BCUT2D eigenvalue weighted by Gasteiger charge is 2.56. The minimum absolute atomic E-state index is 0.182. The molecule has 0 bridgehead atoms. The number of ether oxygens (including phenoxy) is 1. The molecule has 0 aliphatic heterocycles. The molecule has 3 rings (SSSR count). The third kappa shape index (κ3) is 4.04. The number of carbonyl (C=O) groups is 2. The molecule has 2 aromatic carbocycles. The summed E-state index contributed by atoms with van der Waals surface area (Å²) in [4.78, 5) is 25.2. The molecule has 0 spiro atoms. The van der Waals surface area contributed by atoms with Crippen LogP contribution in [0.1, 0.15) is 24.8 Å². The van der Waals surface area contributed by atoms with E-state index in [9.17, 15) is 9.59 Å².